The van der Waals surface area contributed by atoms with Crippen LogP contribution in [0.25, 0.3) is 44.2 Å². The smallest absolute Gasteiger partial charge is 0.159 e. The zero-order chi connectivity index (χ0) is 37.1. The first-order valence-corrected chi connectivity index (χ1v) is 20.2. The van der Waals surface area contributed by atoms with Crippen molar-refractivity contribution in [2.45, 2.75) is 103 Å². The Kier molecular flexibility index (Phi) is 7.26. The van der Waals surface area contributed by atoms with Crippen LogP contribution >= 0.6 is 0 Å². The molecule has 0 spiro atoms. The van der Waals surface area contributed by atoms with Crippen LogP contribution in [0.1, 0.15) is 120 Å². The highest BCUT2D eigenvalue weighted by atomic mass is 16.3. The van der Waals surface area contributed by atoms with Crippen molar-refractivity contribution in [2.75, 3.05) is 4.90 Å². The van der Waals surface area contributed by atoms with Crippen LogP contribution < -0.4 is 4.90 Å². The second-order valence-electron chi connectivity index (χ2n) is 18.4. The Morgan fingerprint density at radius 2 is 1.09 bits per heavy atom. The van der Waals surface area contributed by atoms with Gasteiger partial charge in [0.15, 0.2) is 5.58 Å². The molecule has 1 fully saturated rings. The van der Waals surface area contributed by atoms with Crippen molar-refractivity contribution in [3.05, 3.63) is 149 Å². The minimum absolute atomic E-state index is 0.0883. The lowest BCUT2D eigenvalue weighted by Gasteiger charge is -2.30. The summed E-state index contributed by atoms with van der Waals surface area (Å²) < 4.78 is 7.16. The highest BCUT2D eigenvalue weighted by molar-refractivity contribution is 6.11. The lowest BCUT2D eigenvalue weighted by molar-refractivity contribution is 0.442. The number of para-hydroxylation sites is 2. The van der Waals surface area contributed by atoms with Crippen molar-refractivity contribution in [2.24, 2.45) is 0 Å². The van der Waals surface area contributed by atoms with Crippen LogP contribution in [0.2, 0.25) is 0 Å². The second-order valence-corrected chi connectivity index (χ2v) is 18.4. The number of anilines is 3. The predicted octanol–water partition coefficient (Wildman–Crippen LogP) is 15.0. The molecule has 0 aliphatic heterocycles. The molecule has 10 rings (SSSR count). The molecule has 2 heteroatoms. The molecule has 3 aliphatic carbocycles. The molecule has 3 aliphatic rings. The molecule has 1 heterocycles. The summed E-state index contributed by atoms with van der Waals surface area (Å²) >= 11 is 0. The van der Waals surface area contributed by atoms with E-state index < -0.39 is 0 Å². The summed E-state index contributed by atoms with van der Waals surface area (Å²) in [7, 11) is 0. The van der Waals surface area contributed by atoms with E-state index in [4.69, 9.17) is 4.42 Å². The number of benzene rings is 6. The molecule has 0 radical (unpaired) electrons. The molecule has 0 amide bonds. The van der Waals surface area contributed by atoms with E-state index in [1.165, 1.54) is 98.5 Å². The summed E-state index contributed by atoms with van der Waals surface area (Å²) in [5.41, 5.74) is 18.9. The van der Waals surface area contributed by atoms with Gasteiger partial charge in [0.2, 0.25) is 0 Å². The van der Waals surface area contributed by atoms with Gasteiger partial charge in [-0.1, -0.05) is 153 Å². The Morgan fingerprint density at radius 1 is 0.537 bits per heavy atom. The van der Waals surface area contributed by atoms with E-state index >= 15 is 0 Å². The lowest BCUT2D eigenvalue weighted by Crippen LogP contribution is -2.19. The van der Waals surface area contributed by atoms with Crippen molar-refractivity contribution in [1.29, 1.82) is 0 Å². The standard InChI is InChI=1S/C52H51NO/c1-50(2,3)33-23-26-38-40-28-25-35(31-46(40)52(6,7)44(38)29-33)53(34-24-27-39-37-17-11-12-21-43(37)51(4,5)45(39)30-34)47-22-14-20-42-41-19-13-18-36(48(41)54-49(42)47)32-15-9-8-10-16-32/h11-14,17-32H,8-10,15-16H2,1-7H3. The van der Waals surface area contributed by atoms with E-state index in [0.717, 1.165) is 28.2 Å². The Hall–Kier alpha value is -5.08. The monoisotopic (exact) mass is 705 g/mol. The molecule has 1 aromatic heterocycles. The van der Waals surface area contributed by atoms with Crippen molar-refractivity contribution < 1.29 is 4.42 Å². The predicted molar refractivity (Wildman–Crippen MR) is 228 cm³/mol. The van der Waals surface area contributed by atoms with Gasteiger partial charge in [0.25, 0.3) is 0 Å². The summed E-state index contributed by atoms with van der Waals surface area (Å²) in [4.78, 5) is 2.48. The van der Waals surface area contributed by atoms with Gasteiger partial charge in [-0.25, -0.2) is 0 Å². The Balaban J connectivity index is 1.19. The quantitative estimate of drug-likeness (QED) is 0.181. The Bertz CT molecular complexity index is 2640. The van der Waals surface area contributed by atoms with E-state index in [-0.39, 0.29) is 16.2 Å². The maximum absolute atomic E-state index is 7.16. The van der Waals surface area contributed by atoms with Gasteiger partial charge in [0.05, 0.1) is 5.69 Å². The van der Waals surface area contributed by atoms with Crippen LogP contribution in [0, 0.1) is 0 Å². The molecule has 270 valence electrons. The van der Waals surface area contributed by atoms with Gasteiger partial charge >= 0.3 is 0 Å². The summed E-state index contributed by atoms with van der Waals surface area (Å²) in [6.07, 6.45) is 6.43. The van der Waals surface area contributed by atoms with E-state index in [1.54, 1.807) is 0 Å². The SMILES string of the molecule is CC(C)(C)c1ccc2c(c1)C(C)(C)c1cc(N(c3ccc4c(c3)C(C)(C)c3ccccc3-4)c3cccc4c3oc3c(C5CCCCC5)cccc34)ccc1-2. The number of rotatable bonds is 4. The molecule has 0 unspecified atom stereocenters. The van der Waals surface area contributed by atoms with Gasteiger partial charge in [0.1, 0.15) is 5.58 Å². The molecular weight excluding hydrogens is 655 g/mol. The van der Waals surface area contributed by atoms with E-state index in [1.807, 2.05) is 0 Å². The molecule has 0 saturated heterocycles. The lowest BCUT2D eigenvalue weighted by atomic mass is 9.79. The molecule has 1 saturated carbocycles. The van der Waals surface area contributed by atoms with E-state index in [0.29, 0.717) is 5.92 Å². The zero-order valence-electron chi connectivity index (χ0n) is 32.9. The van der Waals surface area contributed by atoms with Crippen LogP contribution in [-0.2, 0) is 16.2 Å². The van der Waals surface area contributed by atoms with Crippen LogP contribution in [0.4, 0.5) is 17.1 Å². The minimum atomic E-state index is -0.143. The number of furan rings is 1. The Morgan fingerprint density at radius 3 is 1.76 bits per heavy atom. The number of hydrogen-bond acceptors (Lipinski definition) is 2. The average Bonchev–Trinajstić information content (AvgIpc) is 3.75. The van der Waals surface area contributed by atoms with Gasteiger partial charge in [0, 0.05) is 33.0 Å². The third-order valence-electron chi connectivity index (χ3n) is 13.4. The fourth-order valence-corrected chi connectivity index (χ4v) is 10.3. The van der Waals surface area contributed by atoms with E-state index in [2.05, 4.69) is 169 Å². The highest BCUT2D eigenvalue weighted by Crippen LogP contribution is 2.54. The first kappa shape index (κ1) is 33.5. The normalized spacial score (nSPS) is 17.0. The van der Waals surface area contributed by atoms with Crippen molar-refractivity contribution in [1.82, 2.24) is 0 Å². The van der Waals surface area contributed by atoms with Crippen molar-refractivity contribution in [3.63, 3.8) is 0 Å². The summed E-state index contributed by atoms with van der Waals surface area (Å²) in [5.74, 6) is 0.558. The highest BCUT2D eigenvalue weighted by Gasteiger charge is 2.39. The van der Waals surface area contributed by atoms with Crippen LogP contribution in [0.5, 0.6) is 0 Å². The average molecular weight is 706 g/mol. The Labute approximate surface area is 320 Å². The van der Waals surface area contributed by atoms with Crippen LogP contribution in [-0.4, -0.2) is 0 Å². The first-order valence-electron chi connectivity index (χ1n) is 20.2. The first-order chi connectivity index (χ1) is 25.9. The van der Waals surface area contributed by atoms with Gasteiger partial charge in [-0.15, -0.1) is 0 Å². The summed E-state index contributed by atoms with van der Waals surface area (Å²) in [6.45, 7) is 16.5. The molecule has 0 bridgehead atoms. The molecule has 0 atom stereocenters. The summed E-state index contributed by atoms with van der Waals surface area (Å²) in [5, 5.41) is 2.41. The minimum Gasteiger partial charge on any atom is -0.454 e. The van der Waals surface area contributed by atoms with Gasteiger partial charge in [-0.05, 0) is 110 Å². The molecule has 7 aromatic rings. The largest absolute Gasteiger partial charge is 0.454 e. The van der Waals surface area contributed by atoms with Gasteiger partial charge < -0.3 is 9.32 Å². The molecule has 6 aromatic carbocycles. The van der Waals surface area contributed by atoms with E-state index in [9.17, 15) is 0 Å². The topological polar surface area (TPSA) is 16.4 Å². The molecule has 2 nitrogen and oxygen atoms in total. The number of fused-ring (bicyclic) bond motifs is 9. The summed E-state index contributed by atoms with van der Waals surface area (Å²) in [6, 6.07) is 44.0. The van der Waals surface area contributed by atoms with Crippen molar-refractivity contribution in [3.8, 4) is 22.3 Å². The van der Waals surface area contributed by atoms with Crippen LogP contribution in [0.3, 0.4) is 0 Å². The molecule has 54 heavy (non-hydrogen) atoms. The number of hydrogen-bond donors (Lipinski definition) is 0. The second kappa shape index (κ2) is 11.7. The van der Waals surface area contributed by atoms with Crippen LogP contribution in [0.15, 0.2) is 120 Å². The third-order valence-corrected chi connectivity index (χ3v) is 13.4. The fourth-order valence-electron chi connectivity index (χ4n) is 10.3. The molecular formula is C52H51NO. The third kappa shape index (κ3) is 4.84. The van der Waals surface area contributed by atoms with Crippen molar-refractivity contribution >= 4 is 39.0 Å². The number of nitrogens with zero attached hydrogens (tertiary/aromatic N) is 1. The zero-order valence-corrected chi connectivity index (χ0v) is 32.9. The van der Waals surface area contributed by atoms with Gasteiger partial charge in [-0.3, -0.25) is 0 Å². The van der Waals surface area contributed by atoms with Gasteiger partial charge in [-0.2, -0.15) is 0 Å². The fraction of sp³-hybridized carbons (Fsp3) is 0.308. The maximum atomic E-state index is 7.16. The maximum Gasteiger partial charge on any atom is 0.159 e. The molecule has 0 N–H and O–H groups in total.